The van der Waals surface area contributed by atoms with Crippen LogP contribution < -0.4 is 0 Å². The second kappa shape index (κ2) is 5.98. The van der Waals surface area contributed by atoms with Crippen molar-refractivity contribution in [3.05, 3.63) is 29.8 Å². The number of thioether (sulfide) groups is 1. The molecule has 0 N–H and O–H groups in total. The van der Waals surface area contributed by atoms with Crippen molar-refractivity contribution >= 4 is 29.3 Å². The molecule has 2 heterocycles. The first kappa shape index (κ1) is 14.3. The molecule has 0 aromatic heterocycles. The van der Waals surface area contributed by atoms with Gasteiger partial charge in [-0.2, -0.15) is 0 Å². The third kappa shape index (κ3) is 2.71. The van der Waals surface area contributed by atoms with Crippen molar-refractivity contribution in [2.45, 2.75) is 36.0 Å². The van der Waals surface area contributed by atoms with Crippen molar-refractivity contribution in [1.82, 2.24) is 4.90 Å². The number of fused-ring (bicyclic) bond motifs is 1. The fourth-order valence-electron chi connectivity index (χ4n) is 3.17. The maximum atomic E-state index is 12.7. The summed E-state index contributed by atoms with van der Waals surface area (Å²) in [5.74, 6) is 1.82. The molecule has 1 aromatic rings. The van der Waals surface area contributed by atoms with Crippen LogP contribution in [0.2, 0.25) is 0 Å². The number of alkyl halides is 1. The van der Waals surface area contributed by atoms with Crippen molar-refractivity contribution in [3.8, 4) is 0 Å². The molecule has 3 rings (SSSR count). The number of amides is 1. The third-order valence-electron chi connectivity index (χ3n) is 4.50. The molecule has 0 radical (unpaired) electrons. The molecule has 0 aliphatic carbocycles. The molecule has 1 saturated heterocycles. The fraction of sp³-hybridized carbons (Fsp3) is 0.562. The summed E-state index contributed by atoms with van der Waals surface area (Å²) in [6.07, 6.45) is 2.08. The highest BCUT2D eigenvalue weighted by molar-refractivity contribution is 7.99. The second-order valence-corrected chi connectivity index (χ2v) is 7.49. The molecule has 2 aliphatic rings. The Balaban J connectivity index is 1.67. The zero-order valence-electron chi connectivity index (χ0n) is 11.7. The number of likely N-dealkylation sites (tertiary alicyclic amines) is 1. The van der Waals surface area contributed by atoms with Gasteiger partial charge in [0.2, 0.25) is 5.91 Å². The summed E-state index contributed by atoms with van der Waals surface area (Å²) in [5, 5.41) is 0.218. The van der Waals surface area contributed by atoms with Gasteiger partial charge in [0, 0.05) is 29.1 Å². The number of hydrogen-bond acceptors (Lipinski definition) is 2. The highest BCUT2D eigenvalue weighted by Crippen LogP contribution is 2.40. The van der Waals surface area contributed by atoms with Crippen LogP contribution in [-0.2, 0) is 4.79 Å². The van der Waals surface area contributed by atoms with E-state index in [0.29, 0.717) is 11.8 Å². The highest BCUT2D eigenvalue weighted by Gasteiger charge is 2.34. The Morgan fingerprint density at radius 1 is 1.35 bits per heavy atom. The summed E-state index contributed by atoms with van der Waals surface area (Å²) in [5.41, 5.74) is 1.22. The van der Waals surface area contributed by atoms with Crippen molar-refractivity contribution < 1.29 is 4.79 Å². The van der Waals surface area contributed by atoms with Crippen LogP contribution in [0.3, 0.4) is 0 Å². The zero-order valence-corrected chi connectivity index (χ0v) is 13.3. The largest absolute Gasteiger partial charge is 0.342 e. The Bertz CT molecular complexity index is 497. The first-order valence-corrected chi connectivity index (χ1v) is 8.73. The number of halogens is 1. The van der Waals surface area contributed by atoms with Crippen LogP contribution in [0.15, 0.2) is 29.2 Å². The number of nitrogens with zero attached hydrogens (tertiary/aromatic N) is 1. The van der Waals surface area contributed by atoms with Crippen molar-refractivity contribution in [2.24, 2.45) is 5.92 Å². The Morgan fingerprint density at radius 2 is 2.05 bits per heavy atom. The fourth-order valence-corrected chi connectivity index (χ4v) is 4.64. The van der Waals surface area contributed by atoms with E-state index in [-0.39, 0.29) is 11.3 Å². The van der Waals surface area contributed by atoms with Gasteiger partial charge in [-0.05, 0) is 37.3 Å². The SMILES string of the molecule is CC(Cl)C1CCN(C(=O)C2CSc3ccccc32)CC1. The highest BCUT2D eigenvalue weighted by atomic mass is 35.5. The van der Waals surface area contributed by atoms with E-state index in [1.165, 1.54) is 10.5 Å². The smallest absolute Gasteiger partial charge is 0.231 e. The van der Waals surface area contributed by atoms with E-state index in [0.717, 1.165) is 31.7 Å². The molecule has 1 amide bonds. The van der Waals surface area contributed by atoms with Gasteiger partial charge in [-0.1, -0.05) is 18.2 Å². The van der Waals surface area contributed by atoms with E-state index in [1.54, 1.807) is 11.8 Å². The molecule has 4 heteroatoms. The molecule has 2 atom stereocenters. The van der Waals surface area contributed by atoms with Gasteiger partial charge >= 0.3 is 0 Å². The molecular weight excluding hydrogens is 290 g/mol. The van der Waals surface area contributed by atoms with Gasteiger partial charge in [0.15, 0.2) is 0 Å². The maximum Gasteiger partial charge on any atom is 0.231 e. The van der Waals surface area contributed by atoms with Crippen LogP contribution in [-0.4, -0.2) is 35.0 Å². The minimum atomic E-state index is 0.0566. The van der Waals surface area contributed by atoms with E-state index in [4.69, 9.17) is 11.6 Å². The number of carbonyl (C=O) groups is 1. The van der Waals surface area contributed by atoms with Crippen LogP contribution in [0.5, 0.6) is 0 Å². The number of benzene rings is 1. The molecular formula is C16H20ClNOS. The summed E-state index contributed by atoms with van der Waals surface area (Å²) in [4.78, 5) is 16.0. The molecule has 20 heavy (non-hydrogen) atoms. The average Bonchev–Trinajstić information content (AvgIpc) is 2.90. The Kier molecular flexibility index (Phi) is 4.27. The molecule has 0 spiro atoms. The Hall–Kier alpha value is -0.670. The van der Waals surface area contributed by atoms with Gasteiger partial charge in [-0.25, -0.2) is 0 Å². The van der Waals surface area contributed by atoms with E-state index < -0.39 is 0 Å². The predicted molar refractivity (Wildman–Crippen MR) is 84.5 cm³/mol. The topological polar surface area (TPSA) is 20.3 Å². The molecule has 0 saturated carbocycles. The lowest BCUT2D eigenvalue weighted by molar-refractivity contribution is -0.133. The van der Waals surface area contributed by atoms with Crippen molar-refractivity contribution in [1.29, 1.82) is 0 Å². The number of piperidine rings is 1. The van der Waals surface area contributed by atoms with Gasteiger partial charge in [-0.15, -0.1) is 23.4 Å². The Labute approximate surface area is 129 Å². The van der Waals surface area contributed by atoms with E-state index in [1.807, 2.05) is 17.0 Å². The summed E-state index contributed by atoms with van der Waals surface area (Å²) in [6.45, 7) is 3.79. The molecule has 0 bridgehead atoms. The number of carbonyl (C=O) groups excluding carboxylic acids is 1. The van der Waals surface area contributed by atoms with Crippen molar-refractivity contribution in [2.75, 3.05) is 18.8 Å². The summed E-state index contributed by atoms with van der Waals surface area (Å²) < 4.78 is 0. The lowest BCUT2D eigenvalue weighted by atomic mass is 9.92. The van der Waals surface area contributed by atoms with E-state index >= 15 is 0 Å². The summed E-state index contributed by atoms with van der Waals surface area (Å²) >= 11 is 7.98. The van der Waals surface area contributed by atoms with Gasteiger partial charge < -0.3 is 4.90 Å². The summed E-state index contributed by atoms with van der Waals surface area (Å²) in [7, 11) is 0. The van der Waals surface area contributed by atoms with Gasteiger partial charge in [0.05, 0.1) is 5.92 Å². The third-order valence-corrected chi connectivity index (χ3v) is 6.04. The monoisotopic (exact) mass is 309 g/mol. The van der Waals surface area contributed by atoms with Gasteiger partial charge in [0.25, 0.3) is 0 Å². The van der Waals surface area contributed by atoms with Crippen molar-refractivity contribution in [3.63, 3.8) is 0 Å². The van der Waals surface area contributed by atoms with Gasteiger partial charge in [0.1, 0.15) is 0 Å². The normalized spacial score (nSPS) is 24.5. The molecule has 2 unspecified atom stereocenters. The number of hydrogen-bond donors (Lipinski definition) is 0. The minimum absolute atomic E-state index is 0.0566. The standard InChI is InChI=1S/C16H20ClNOS/c1-11(17)12-6-8-18(9-7-12)16(19)14-10-20-15-5-3-2-4-13(14)15/h2-5,11-12,14H,6-10H2,1H3. The molecule has 2 aliphatic heterocycles. The predicted octanol–water partition coefficient (Wildman–Crippen LogP) is 3.74. The average molecular weight is 310 g/mol. The zero-order chi connectivity index (χ0) is 14.1. The quantitative estimate of drug-likeness (QED) is 0.776. The lowest BCUT2D eigenvalue weighted by Gasteiger charge is -2.34. The maximum absolute atomic E-state index is 12.7. The van der Waals surface area contributed by atoms with E-state index in [9.17, 15) is 4.79 Å². The molecule has 108 valence electrons. The second-order valence-electron chi connectivity index (χ2n) is 5.74. The minimum Gasteiger partial charge on any atom is -0.342 e. The molecule has 2 nitrogen and oxygen atoms in total. The first-order valence-electron chi connectivity index (χ1n) is 7.31. The lowest BCUT2D eigenvalue weighted by Crippen LogP contribution is -2.42. The van der Waals surface area contributed by atoms with Crippen LogP contribution in [0.25, 0.3) is 0 Å². The number of rotatable bonds is 2. The van der Waals surface area contributed by atoms with Crippen LogP contribution >= 0.6 is 23.4 Å². The van der Waals surface area contributed by atoms with Crippen LogP contribution in [0.1, 0.15) is 31.2 Å². The molecule has 1 fully saturated rings. The van der Waals surface area contributed by atoms with Gasteiger partial charge in [-0.3, -0.25) is 4.79 Å². The van der Waals surface area contributed by atoms with Crippen LogP contribution in [0, 0.1) is 5.92 Å². The molecule has 1 aromatic carbocycles. The Morgan fingerprint density at radius 3 is 2.75 bits per heavy atom. The first-order chi connectivity index (χ1) is 9.66. The van der Waals surface area contributed by atoms with Crippen LogP contribution in [0.4, 0.5) is 0 Å². The van der Waals surface area contributed by atoms with E-state index in [2.05, 4.69) is 19.1 Å². The summed E-state index contributed by atoms with van der Waals surface area (Å²) in [6, 6.07) is 8.30.